The number of esters is 1. The number of rotatable bonds is 9. The number of carbonyl (C=O) groups is 1. The zero-order valence-electron chi connectivity index (χ0n) is 22.1. The van der Waals surface area contributed by atoms with Crippen LogP contribution in [0.3, 0.4) is 0 Å². The van der Waals surface area contributed by atoms with Crippen LogP contribution < -0.4 is 0 Å². The van der Waals surface area contributed by atoms with Crippen LogP contribution in [0, 0.1) is 0 Å². The number of likely N-dealkylation sites (tertiary alicyclic amines) is 1. The van der Waals surface area contributed by atoms with Gasteiger partial charge in [-0.3, -0.25) is 9.78 Å². The van der Waals surface area contributed by atoms with Gasteiger partial charge < -0.3 is 9.64 Å². The highest BCUT2D eigenvalue weighted by atomic mass is 16.5. The Morgan fingerprint density at radius 1 is 0.816 bits per heavy atom. The zero-order chi connectivity index (χ0) is 26.3. The predicted molar refractivity (Wildman–Crippen MR) is 152 cm³/mol. The van der Waals surface area contributed by atoms with E-state index in [2.05, 4.69) is 76.6 Å². The summed E-state index contributed by atoms with van der Waals surface area (Å²) in [4.78, 5) is 21.4. The van der Waals surface area contributed by atoms with Crippen LogP contribution in [0.1, 0.15) is 42.1 Å². The summed E-state index contributed by atoms with van der Waals surface area (Å²) in [6.07, 6.45) is 4.47. The van der Waals surface area contributed by atoms with Gasteiger partial charge in [0, 0.05) is 18.4 Å². The molecule has 3 aromatic carbocycles. The lowest BCUT2D eigenvalue weighted by atomic mass is 9.51. The molecule has 2 heterocycles. The SMILES string of the molecule is CCOC(=O)C1(c2ccccc2)CCN(CCCc2ccccn2)CC1(c1ccccc1)c1ccccc1. The second kappa shape index (κ2) is 11.7. The van der Waals surface area contributed by atoms with E-state index in [4.69, 9.17) is 4.74 Å². The Morgan fingerprint density at radius 2 is 1.39 bits per heavy atom. The van der Waals surface area contributed by atoms with Gasteiger partial charge in [-0.2, -0.15) is 0 Å². The molecule has 5 rings (SSSR count). The second-order valence-corrected chi connectivity index (χ2v) is 10.1. The molecule has 0 amide bonds. The number of hydrogen-bond donors (Lipinski definition) is 0. The summed E-state index contributed by atoms with van der Waals surface area (Å²) in [6.45, 7) is 4.72. The third-order valence-corrected chi connectivity index (χ3v) is 8.05. The van der Waals surface area contributed by atoms with Gasteiger partial charge >= 0.3 is 5.97 Å². The maximum absolute atomic E-state index is 14.3. The van der Waals surface area contributed by atoms with Crippen LogP contribution in [0.15, 0.2) is 115 Å². The van der Waals surface area contributed by atoms with Crippen molar-refractivity contribution in [2.24, 2.45) is 0 Å². The Bertz CT molecular complexity index is 1260. The third kappa shape index (κ3) is 4.77. The summed E-state index contributed by atoms with van der Waals surface area (Å²) in [5, 5.41) is 0. The first-order valence-corrected chi connectivity index (χ1v) is 13.7. The molecule has 1 unspecified atom stereocenters. The molecule has 1 aromatic heterocycles. The molecule has 0 spiro atoms. The van der Waals surface area contributed by atoms with Gasteiger partial charge in [0.15, 0.2) is 0 Å². The van der Waals surface area contributed by atoms with E-state index in [0.29, 0.717) is 13.0 Å². The fourth-order valence-corrected chi connectivity index (χ4v) is 6.36. The maximum Gasteiger partial charge on any atom is 0.317 e. The van der Waals surface area contributed by atoms with E-state index < -0.39 is 10.8 Å². The molecule has 0 saturated carbocycles. The molecule has 1 saturated heterocycles. The number of aryl methyl sites for hydroxylation is 1. The molecule has 4 aromatic rings. The third-order valence-electron chi connectivity index (χ3n) is 8.05. The van der Waals surface area contributed by atoms with Crippen molar-refractivity contribution < 1.29 is 9.53 Å². The number of ether oxygens (including phenoxy) is 1. The fourth-order valence-electron chi connectivity index (χ4n) is 6.36. The highest BCUT2D eigenvalue weighted by molar-refractivity contribution is 5.88. The van der Waals surface area contributed by atoms with Crippen molar-refractivity contribution in [2.75, 3.05) is 26.2 Å². The highest BCUT2D eigenvalue weighted by Gasteiger charge is 2.62. The topological polar surface area (TPSA) is 42.4 Å². The lowest BCUT2D eigenvalue weighted by Crippen LogP contribution is -2.65. The smallest absolute Gasteiger partial charge is 0.317 e. The van der Waals surface area contributed by atoms with Gasteiger partial charge in [0.05, 0.1) is 12.0 Å². The van der Waals surface area contributed by atoms with Crippen LogP contribution in [0.5, 0.6) is 0 Å². The Kier molecular flexibility index (Phi) is 8.00. The van der Waals surface area contributed by atoms with Gasteiger partial charge in [0.2, 0.25) is 0 Å². The molecule has 4 nitrogen and oxygen atoms in total. The van der Waals surface area contributed by atoms with Crippen molar-refractivity contribution in [3.8, 4) is 0 Å². The van der Waals surface area contributed by atoms with Gasteiger partial charge in [-0.25, -0.2) is 0 Å². The summed E-state index contributed by atoms with van der Waals surface area (Å²) in [5.41, 5.74) is 2.90. The number of hydrogen-bond acceptors (Lipinski definition) is 4. The monoisotopic (exact) mass is 504 g/mol. The minimum Gasteiger partial charge on any atom is -0.465 e. The first kappa shape index (κ1) is 25.9. The largest absolute Gasteiger partial charge is 0.465 e. The van der Waals surface area contributed by atoms with Gasteiger partial charge in [-0.15, -0.1) is 0 Å². The summed E-state index contributed by atoms with van der Waals surface area (Å²) >= 11 is 0. The molecule has 0 N–H and O–H groups in total. The highest BCUT2D eigenvalue weighted by Crippen LogP contribution is 2.54. The normalized spacial score (nSPS) is 19.1. The quantitative estimate of drug-likeness (QED) is 0.254. The molecule has 4 heteroatoms. The van der Waals surface area contributed by atoms with Crippen molar-refractivity contribution in [2.45, 2.75) is 37.0 Å². The first-order chi connectivity index (χ1) is 18.7. The van der Waals surface area contributed by atoms with Crippen LogP contribution in [0.4, 0.5) is 0 Å². The van der Waals surface area contributed by atoms with Crippen LogP contribution in [0.2, 0.25) is 0 Å². The predicted octanol–water partition coefficient (Wildman–Crippen LogP) is 6.21. The molecule has 38 heavy (non-hydrogen) atoms. The lowest BCUT2D eigenvalue weighted by Gasteiger charge is -2.56. The van der Waals surface area contributed by atoms with E-state index in [0.717, 1.165) is 54.9 Å². The molecular formula is C34H36N2O2. The number of piperidine rings is 1. The van der Waals surface area contributed by atoms with Gasteiger partial charge in [0.1, 0.15) is 5.41 Å². The van der Waals surface area contributed by atoms with Crippen LogP contribution in [-0.4, -0.2) is 42.1 Å². The summed E-state index contributed by atoms with van der Waals surface area (Å²) in [7, 11) is 0. The zero-order valence-corrected chi connectivity index (χ0v) is 22.1. The molecule has 0 radical (unpaired) electrons. The number of carbonyl (C=O) groups excluding carboxylic acids is 1. The molecule has 0 bridgehead atoms. The summed E-state index contributed by atoms with van der Waals surface area (Å²) in [5.74, 6) is -0.146. The Hall–Kier alpha value is -3.76. The van der Waals surface area contributed by atoms with Crippen LogP contribution >= 0.6 is 0 Å². The van der Waals surface area contributed by atoms with E-state index in [9.17, 15) is 4.79 Å². The number of aromatic nitrogens is 1. The van der Waals surface area contributed by atoms with Crippen molar-refractivity contribution in [1.29, 1.82) is 0 Å². The van der Waals surface area contributed by atoms with Crippen molar-refractivity contribution in [1.82, 2.24) is 9.88 Å². The molecule has 1 aliphatic heterocycles. The molecule has 1 atom stereocenters. The number of pyridine rings is 1. The number of benzene rings is 3. The molecule has 0 aliphatic carbocycles. The number of nitrogens with zero attached hydrogens (tertiary/aromatic N) is 2. The van der Waals surface area contributed by atoms with Gasteiger partial charge in [-0.05, 0) is 68.1 Å². The Labute approximate surface area is 226 Å². The van der Waals surface area contributed by atoms with Crippen molar-refractivity contribution in [3.05, 3.63) is 138 Å². The van der Waals surface area contributed by atoms with Crippen LogP contribution in [0.25, 0.3) is 0 Å². The second-order valence-electron chi connectivity index (χ2n) is 10.1. The minimum absolute atomic E-state index is 0.146. The van der Waals surface area contributed by atoms with Crippen molar-refractivity contribution >= 4 is 5.97 Å². The standard InChI is InChI=1S/C34H36N2O2/c1-2-38-32(37)33(28-15-6-3-7-16-28)23-26-36(25-14-22-31-21-12-13-24-35-31)27-34(33,29-17-8-4-9-18-29)30-19-10-5-11-20-30/h3-13,15-21,24H,2,14,22-23,25-27H2,1H3. The van der Waals surface area contributed by atoms with Gasteiger partial charge in [0.25, 0.3) is 0 Å². The first-order valence-electron chi connectivity index (χ1n) is 13.7. The van der Waals surface area contributed by atoms with E-state index in [1.54, 1.807) is 0 Å². The Balaban J connectivity index is 1.65. The van der Waals surface area contributed by atoms with Crippen LogP contribution in [-0.2, 0) is 26.8 Å². The molecular weight excluding hydrogens is 468 g/mol. The molecule has 1 aliphatic rings. The van der Waals surface area contributed by atoms with Crippen molar-refractivity contribution in [3.63, 3.8) is 0 Å². The maximum atomic E-state index is 14.3. The fraction of sp³-hybridized carbons (Fsp3) is 0.294. The van der Waals surface area contributed by atoms with E-state index in [1.165, 1.54) is 0 Å². The van der Waals surface area contributed by atoms with E-state index in [1.807, 2.05) is 55.6 Å². The van der Waals surface area contributed by atoms with E-state index >= 15 is 0 Å². The minimum atomic E-state index is -0.871. The summed E-state index contributed by atoms with van der Waals surface area (Å²) < 4.78 is 5.95. The molecule has 1 fully saturated rings. The van der Waals surface area contributed by atoms with E-state index in [-0.39, 0.29) is 5.97 Å². The summed E-state index contributed by atoms with van der Waals surface area (Å²) in [6, 6.07) is 37.6. The molecule has 194 valence electrons. The van der Waals surface area contributed by atoms with Gasteiger partial charge in [-0.1, -0.05) is 97.1 Å². The lowest BCUT2D eigenvalue weighted by molar-refractivity contribution is -0.156. The average molecular weight is 505 g/mol. The Morgan fingerprint density at radius 3 is 1.95 bits per heavy atom. The average Bonchev–Trinajstić information content (AvgIpc) is 2.99.